The van der Waals surface area contributed by atoms with Crippen LogP contribution in [0.2, 0.25) is 0 Å². The van der Waals surface area contributed by atoms with E-state index in [4.69, 9.17) is 14.2 Å². The highest BCUT2D eigenvalue weighted by atomic mass is 31.1. The van der Waals surface area contributed by atoms with Gasteiger partial charge in [-0.2, -0.15) is 0 Å². The van der Waals surface area contributed by atoms with Crippen LogP contribution >= 0.6 is 9.03 Å². The average Bonchev–Trinajstić information content (AvgIpc) is 2.91. The van der Waals surface area contributed by atoms with Crippen molar-refractivity contribution >= 4 is 15.0 Å². The third-order valence-corrected chi connectivity index (χ3v) is 5.85. The maximum atomic E-state index is 10.2. The lowest BCUT2D eigenvalue weighted by Crippen LogP contribution is -2.29. The molecule has 0 fully saturated rings. The molecule has 0 heterocycles. The Kier molecular flexibility index (Phi) is 16.7. The third kappa shape index (κ3) is 13.8. The van der Waals surface area contributed by atoms with E-state index >= 15 is 0 Å². The first-order valence-corrected chi connectivity index (χ1v) is 13.0. The second-order valence-electron chi connectivity index (χ2n) is 8.16. The Morgan fingerprint density at radius 2 is 1.08 bits per heavy atom. The first kappa shape index (κ1) is 31.1. The van der Waals surface area contributed by atoms with Crippen molar-refractivity contribution in [3.05, 3.63) is 96.6 Å². The summed E-state index contributed by atoms with van der Waals surface area (Å²) in [5.41, 5.74) is 0.331. The summed E-state index contributed by atoms with van der Waals surface area (Å²) in [5.74, 6) is 0.791. The van der Waals surface area contributed by atoms with E-state index in [0.29, 0.717) is 5.56 Å². The topological polar surface area (TPSA) is 96.2 Å². The van der Waals surface area contributed by atoms with Gasteiger partial charge in [0.15, 0.2) is 0 Å². The van der Waals surface area contributed by atoms with Crippen LogP contribution in [-0.2, 0) is 0 Å². The minimum atomic E-state index is -0.879. The Hall–Kier alpha value is -2.92. The molecule has 7 heteroatoms. The van der Waals surface area contributed by atoms with Crippen LogP contribution in [0.15, 0.2) is 91.0 Å². The van der Waals surface area contributed by atoms with E-state index in [1.54, 1.807) is 30.3 Å². The van der Waals surface area contributed by atoms with Crippen molar-refractivity contribution in [1.29, 1.82) is 0 Å². The minimum absolute atomic E-state index is 0.0129. The Morgan fingerprint density at radius 1 is 0.722 bits per heavy atom. The highest BCUT2D eigenvalue weighted by Gasteiger charge is 2.20. The number of carboxylic acids is 1. The van der Waals surface area contributed by atoms with Gasteiger partial charge in [0.05, 0.1) is 17.8 Å². The van der Waals surface area contributed by atoms with Crippen molar-refractivity contribution in [3.8, 4) is 11.5 Å². The number of benzene rings is 3. The van der Waals surface area contributed by atoms with E-state index in [9.17, 15) is 15.0 Å². The maximum Gasteiger partial charge on any atom is 0.335 e. The molecule has 3 aromatic rings. The normalized spacial score (nSPS) is 12.5. The van der Waals surface area contributed by atoms with E-state index in [2.05, 4.69) is 0 Å². The molecule has 3 rings (SSSR count). The molecule has 0 saturated carbocycles. The number of hydrogen-bond acceptors (Lipinski definition) is 5. The lowest BCUT2D eigenvalue weighted by molar-refractivity contribution is 0.0132. The molecule has 0 aromatic heterocycles. The lowest BCUT2D eigenvalue weighted by Gasteiger charge is -2.23. The van der Waals surface area contributed by atoms with Gasteiger partial charge in [-0.05, 0) is 49.2 Å². The summed E-state index contributed by atoms with van der Waals surface area (Å²) in [6, 6.07) is 27.5. The standard InChI is InChI=1S/C12H11O2P.C10H22O2.C7H6O2/c1-3-7-11(8-4-1)13-15-14-12-9-5-2-6-10-12;1-4-6-9(11)8(3)10(12)7-5-2;8-7(9)6-4-2-1-3-5-6/h1-10,15H;8-12H,4-7H2,1-3H3;1-5H,(H,8,9). The molecule has 0 aliphatic heterocycles. The Labute approximate surface area is 216 Å². The Morgan fingerprint density at radius 3 is 1.39 bits per heavy atom. The minimum Gasteiger partial charge on any atom is -0.478 e. The van der Waals surface area contributed by atoms with Gasteiger partial charge in [-0.15, -0.1) is 0 Å². The second kappa shape index (κ2) is 19.3. The Balaban J connectivity index is 0.000000280. The van der Waals surface area contributed by atoms with Gasteiger partial charge < -0.3 is 24.4 Å². The van der Waals surface area contributed by atoms with Gasteiger partial charge in [-0.25, -0.2) is 4.79 Å². The smallest absolute Gasteiger partial charge is 0.335 e. The van der Waals surface area contributed by atoms with Crippen LogP contribution in [0, 0.1) is 5.92 Å². The summed E-state index contributed by atoms with van der Waals surface area (Å²) in [7, 11) is -0.0129. The van der Waals surface area contributed by atoms with Gasteiger partial charge >= 0.3 is 5.97 Å². The average molecular weight is 515 g/mol. The molecular weight excluding hydrogens is 475 g/mol. The van der Waals surface area contributed by atoms with Gasteiger partial charge in [0.25, 0.3) is 9.03 Å². The van der Waals surface area contributed by atoms with Crippen LogP contribution in [0.3, 0.4) is 0 Å². The van der Waals surface area contributed by atoms with Crippen molar-refractivity contribution in [1.82, 2.24) is 0 Å². The molecule has 3 aromatic carbocycles. The van der Waals surface area contributed by atoms with Crippen molar-refractivity contribution in [2.75, 3.05) is 0 Å². The van der Waals surface area contributed by atoms with Crippen molar-refractivity contribution in [2.24, 2.45) is 5.92 Å². The van der Waals surface area contributed by atoms with Crippen molar-refractivity contribution < 1.29 is 29.2 Å². The van der Waals surface area contributed by atoms with Crippen LogP contribution in [0.4, 0.5) is 0 Å². The molecular formula is C29H39O6P. The zero-order chi connectivity index (χ0) is 26.6. The molecule has 3 N–H and O–H groups in total. The fourth-order valence-corrected chi connectivity index (χ4v) is 3.55. The van der Waals surface area contributed by atoms with E-state index in [1.165, 1.54) is 0 Å². The van der Waals surface area contributed by atoms with Gasteiger partial charge in [0.2, 0.25) is 0 Å². The Bertz CT molecular complexity index is 873. The fourth-order valence-electron chi connectivity index (χ4n) is 3.05. The van der Waals surface area contributed by atoms with Crippen LogP contribution in [-0.4, -0.2) is 33.5 Å². The molecule has 0 saturated heterocycles. The fraction of sp³-hybridized carbons (Fsp3) is 0.345. The maximum absolute atomic E-state index is 10.2. The SMILES string of the molecule is CCCC(O)C(C)C(O)CCC.O=C(O)c1ccccc1.c1ccc(OPOc2ccccc2)cc1. The highest BCUT2D eigenvalue weighted by molar-refractivity contribution is 7.27. The predicted octanol–water partition coefficient (Wildman–Crippen LogP) is 6.98. The van der Waals surface area contributed by atoms with Crippen LogP contribution in [0.25, 0.3) is 0 Å². The van der Waals surface area contributed by atoms with Crippen LogP contribution < -0.4 is 9.05 Å². The molecule has 0 radical (unpaired) electrons. The van der Waals surface area contributed by atoms with Gasteiger partial charge in [-0.1, -0.05) is 88.2 Å². The number of aliphatic hydroxyl groups excluding tert-OH is 2. The predicted molar refractivity (Wildman–Crippen MR) is 147 cm³/mol. The third-order valence-electron chi connectivity index (χ3n) is 5.21. The molecule has 0 bridgehead atoms. The van der Waals surface area contributed by atoms with E-state index in [0.717, 1.165) is 37.2 Å². The molecule has 36 heavy (non-hydrogen) atoms. The van der Waals surface area contributed by atoms with Crippen LogP contribution in [0.5, 0.6) is 11.5 Å². The van der Waals surface area contributed by atoms with E-state index in [-0.39, 0.29) is 27.2 Å². The monoisotopic (exact) mass is 514 g/mol. The second-order valence-corrected chi connectivity index (χ2v) is 8.73. The molecule has 2 atom stereocenters. The molecule has 2 unspecified atom stereocenters. The summed E-state index contributed by atoms with van der Waals surface area (Å²) in [5, 5.41) is 27.5. The number of carbonyl (C=O) groups is 1. The van der Waals surface area contributed by atoms with Crippen molar-refractivity contribution in [2.45, 2.75) is 58.7 Å². The summed E-state index contributed by atoms with van der Waals surface area (Å²) in [6.45, 7) is 6.00. The zero-order valence-corrected chi connectivity index (χ0v) is 22.3. The summed E-state index contributed by atoms with van der Waals surface area (Å²) in [6.07, 6.45) is 2.87. The van der Waals surface area contributed by atoms with E-state index < -0.39 is 5.97 Å². The van der Waals surface area contributed by atoms with Crippen molar-refractivity contribution in [3.63, 3.8) is 0 Å². The highest BCUT2D eigenvalue weighted by Crippen LogP contribution is 2.24. The lowest BCUT2D eigenvalue weighted by atomic mass is 9.92. The number of para-hydroxylation sites is 2. The summed E-state index contributed by atoms with van der Waals surface area (Å²) in [4.78, 5) is 10.2. The van der Waals surface area contributed by atoms with Crippen LogP contribution in [0.1, 0.15) is 56.8 Å². The molecule has 0 aliphatic rings. The number of hydrogen-bond donors (Lipinski definition) is 3. The van der Waals surface area contributed by atoms with Gasteiger partial charge in [0, 0.05) is 5.92 Å². The zero-order valence-electron chi connectivity index (χ0n) is 21.3. The van der Waals surface area contributed by atoms with E-state index in [1.807, 2.05) is 81.4 Å². The molecule has 0 amide bonds. The summed E-state index contributed by atoms with van der Waals surface area (Å²) >= 11 is 0. The van der Waals surface area contributed by atoms with Gasteiger partial charge in [-0.3, -0.25) is 0 Å². The number of aliphatic hydroxyl groups is 2. The molecule has 0 spiro atoms. The number of carboxylic acid groups (broad SMARTS) is 1. The van der Waals surface area contributed by atoms with Gasteiger partial charge in [0.1, 0.15) is 11.5 Å². The first-order valence-electron chi connectivity index (χ1n) is 12.2. The largest absolute Gasteiger partial charge is 0.478 e. The number of aromatic carboxylic acids is 1. The quantitative estimate of drug-likeness (QED) is 0.239. The summed E-state index contributed by atoms with van der Waals surface area (Å²) < 4.78 is 10.8. The molecule has 6 nitrogen and oxygen atoms in total. The number of rotatable bonds is 11. The molecule has 196 valence electrons. The molecule has 0 aliphatic carbocycles. The first-order chi connectivity index (χ1) is 17.4.